The lowest BCUT2D eigenvalue weighted by atomic mass is 10.3. The minimum Gasteiger partial charge on any atom is -0.495 e. The van der Waals surface area contributed by atoms with Gasteiger partial charge in [-0.2, -0.15) is 0 Å². The van der Waals surface area contributed by atoms with E-state index in [4.69, 9.17) is 9.47 Å². The SMILES string of the molecule is CCOc1ccccc1NS(=O)(=O)c1cc([N+](=O)[O-])ccc1OC. The number of non-ortho nitro benzene ring substituents is 1. The van der Waals surface area contributed by atoms with Crippen molar-refractivity contribution in [2.45, 2.75) is 11.8 Å². The molecule has 2 aromatic carbocycles. The van der Waals surface area contributed by atoms with Crippen molar-refractivity contribution >= 4 is 21.4 Å². The number of nitro benzene ring substituents is 1. The Labute approximate surface area is 139 Å². The maximum absolute atomic E-state index is 12.6. The quantitative estimate of drug-likeness (QED) is 0.606. The molecule has 0 saturated heterocycles. The predicted octanol–water partition coefficient (Wildman–Crippen LogP) is 2.80. The Hall–Kier alpha value is -2.81. The fourth-order valence-corrected chi connectivity index (χ4v) is 3.28. The lowest BCUT2D eigenvalue weighted by molar-refractivity contribution is -0.385. The topological polar surface area (TPSA) is 108 Å². The summed E-state index contributed by atoms with van der Waals surface area (Å²) in [5.41, 5.74) is -0.123. The third-order valence-corrected chi connectivity index (χ3v) is 4.47. The predicted molar refractivity (Wildman–Crippen MR) is 88.1 cm³/mol. The van der Waals surface area contributed by atoms with Crippen molar-refractivity contribution in [3.05, 3.63) is 52.6 Å². The Morgan fingerprint density at radius 3 is 2.50 bits per heavy atom. The van der Waals surface area contributed by atoms with E-state index in [0.717, 1.165) is 6.07 Å². The van der Waals surface area contributed by atoms with Crippen LogP contribution >= 0.6 is 0 Å². The van der Waals surface area contributed by atoms with Crippen LogP contribution in [0.4, 0.5) is 11.4 Å². The summed E-state index contributed by atoms with van der Waals surface area (Å²) in [7, 11) is -2.83. The highest BCUT2D eigenvalue weighted by atomic mass is 32.2. The molecule has 0 amide bonds. The van der Waals surface area contributed by atoms with Gasteiger partial charge in [0.15, 0.2) is 0 Å². The van der Waals surface area contributed by atoms with E-state index >= 15 is 0 Å². The molecule has 8 nitrogen and oxygen atoms in total. The molecule has 0 saturated carbocycles. The van der Waals surface area contributed by atoms with Gasteiger partial charge in [-0.1, -0.05) is 12.1 Å². The van der Waals surface area contributed by atoms with Crippen LogP contribution in [0.3, 0.4) is 0 Å². The first-order chi connectivity index (χ1) is 11.4. The first-order valence-electron chi connectivity index (χ1n) is 6.96. The molecule has 0 aromatic heterocycles. The lowest BCUT2D eigenvalue weighted by Gasteiger charge is -2.14. The van der Waals surface area contributed by atoms with E-state index in [0.29, 0.717) is 12.4 Å². The van der Waals surface area contributed by atoms with E-state index in [1.165, 1.54) is 25.3 Å². The maximum Gasteiger partial charge on any atom is 0.271 e. The summed E-state index contributed by atoms with van der Waals surface area (Å²) < 4.78 is 38.0. The molecule has 0 spiro atoms. The molecule has 0 aliphatic rings. The zero-order chi connectivity index (χ0) is 17.7. The second-order valence-corrected chi connectivity index (χ2v) is 6.28. The Balaban J connectivity index is 2.48. The standard InChI is InChI=1S/C15H16N2O6S/c1-3-23-13-7-5-4-6-12(13)16-24(20,21)15-10-11(17(18)19)8-9-14(15)22-2/h4-10,16H,3H2,1-2H3. The van der Waals surface area contributed by atoms with Gasteiger partial charge in [-0.15, -0.1) is 0 Å². The van der Waals surface area contributed by atoms with Crippen molar-refractivity contribution in [1.82, 2.24) is 0 Å². The van der Waals surface area contributed by atoms with Crippen molar-refractivity contribution in [3.8, 4) is 11.5 Å². The van der Waals surface area contributed by atoms with Crippen LogP contribution in [0, 0.1) is 10.1 Å². The van der Waals surface area contributed by atoms with Crippen molar-refractivity contribution in [2.75, 3.05) is 18.4 Å². The monoisotopic (exact) mass is 352 g/mol. The van der Waals surface area contributed by atoms with Crippen LogP contribution in [0.1, 0.15) is 6.92 Å². The summed E-state index contributed by atoms with van der Waals surface area (Å²) in [4.78, 5) is 9.90. The molecule has 0 aliphatic carbocycles. The summed E-state index contributed by atoms with van der Waals surface area (Å²) in [5, 5.41) is 10.9. The van der Waals surface area contributed by atoms with E-state index in [1.54, 1.807) is 25.1 Å². The molecule has 128 valence electrons. The molecule has 0 heterocycles. The number of methoxy groups -OCH3 is 1. The molecule has 24 heavy (non-hydrogen) atoms. The largest absolute Gasteiger partial charge is 0.495 e. The molecule has 0 bridgehead atoms. The molecule has 0 radical (unpaired) electrons. The van der Waals surface area contributed by atoms with Crippen molar-refractivity contribution in [1.29, 1.82) is 0 Å². The van der Waals surface area contributed by atoms with Crippen LogP contribution in [-0.2, 0) is 10.0 Å². The van der Waals surface area contributed by atoms with Gasteiger partial charge in [-0.05, 0) is 25.1 Å². The summed E-state index contributed by atoms with van der Waals surface area (Å²) in [6.07, 6.45) is 0. The number of hydrogen-bond donors (Lipinski definition) is 1. The zero-order valence-corrected chi connectivity index (χ0v) is 13.9. The smallest absolute Gasteiger partial charge is 0.271 e. The third kappa shape index (κ3) is 3.74. The normalized spacial score (nSPS) is 10.9. The van der Waals surface area contributed by atoms with E-state index in [9.17, 15) is 18.5 Å². The Morgan fingerprint density at radius 2 is 1.88 bits per heavy atom. The van der Waals surface area contributed by atoms with Gasteiger partial charge in [0.25, 0.3) is 15.7 Å². The van der Waals surface area contributed by atoms with E-state index in [-0.39, 0.29) is 22.0 Å². The molecule has 0 fully saturated rings. The Morgan fingerprint density at radius 1 is 1.17 bits per heavy atom. The van der Waals surface area contributed by atoms with Crippen molar-refractivity contribution in [3.63, 3.8) is 0 Å². The van der Waals surface area contributed by atoms with Crippen LogP contribution < -0.4 is 14.2 Å². The van der Waals surface area contributed by atoms with E-state index in [1.807, 2.05) is 0 Å². The molecule has 0 unspecified atom stereocenters. The van der Waals surface area contributed by atoms with Crippen LogP contribution in [0.5, 0.6) is 11.5 Å². The minimum absolute atomic E-state index is 0.00184. The highest BCUT2D eigenvalue weighted by Gasteiger charge is 2.24. The molecule has 0 aliphatic heterocycles. The van der Waals surface area contributed by atoms with Crippen LogP contribution in [0.2, 0.25) is 0 Å². The fourth-order valence-electron chi connectivity index (χ4n) is 2.02. The first-order valence-corrected chi connectivity index (χ1v) is 8.44. The van der Waals surface area contributed by atoms with Gasteiger partial charge < -0.3 is 9.47 Å². The van der Waals surface area contributed by atoms with Crippen LogP contribution in [0.25, 0.3) is 0 Å². The van der Waals surface area contributed by atoms with Gasteiger partial charge in [0.2, 0.25) is 0 Å². The highest BCUT2D eigenvalue weighted by molar-refractivity contribution is 7.92. The number of ether oxygens (including phenoxy) is 2. The van der Waals surface area contributed by atoms with E-state index < -0.39 is 14.9 Å². The molecule has 2 aromatic rings. The Bertz CT molecular complexity index is 851. The lowest BCUT2D eigenvalue weighted by Crippen LogP contribution is -2.15. The number of sulfonamides is 1. The van der Waals surface area contributed by atoms with Crippen molar-refractivity contribution in [2.24, 2.45) is 0 Å². The first kappa shape index (κ1) is 17.5. The minimum atomic E-state index is -4.11. The van der Waals surface area contributed by atoms with Gasteiger partial charge >= 0.3 is 0 Å². The summed E-state index contributed by atoms with van der Waals surface area (Å²) >= 11 is 0. The number of benzene rings is 2. The third-order valence-electron chi connectivity index (χ3n) is 3.08. The molecule has 1 N–H and O–H groups in total. The maximum atomic E-state index is 12.6. The molecule has 0 atom stereocenters. The summed E-state index contributed by atoms with van der Waals surface area (Å²) in [5.74, 6) is 0.356. The average molecular weight is 352 g/mol. The number of nitrogens with one attached hydrogen (secondary N) is 1. The van der Waals surface area contributed by atoms with Gasteiger partial charge in [0.05, 0.1) is 24.3 Å². The van der Waals surface area contributed by atoms with Gasteiger partial charge in [-0.25, -0.2) is 8.42 Å². The number of rotatable bonds is 7. The van der Waals surface area contributed by atoms with Crippen LogP contribution in [0.15, 0.2) is 47.4 Å². The number of para-hydroxylation sites is 2. The van der Waals surface area contributed by atoms with Crippen LogP contribution in [-0.4, -0.2) is 27.1 Å². The summed E-state index contributed by atoms with van der Waals surface area (Å²) in [6, 6.07) is 9.86. The molecular weight excluding hydrogens is 336 g/mol. The average Bonchev–Trinajstić information content (AvgIpc) is 2.56. The second-order valence-electron chi connectivity index (χ2n) is 4.63. The van der Waals surface area contributed by atoms with Gasteiger partial charge in [-0.3, -0.25) is 14.8 Å². The Kier molecular flexibility index (Phi) is 5.24. The van der Waals surface area contributed by atoms with Gasteiger partial charge in [0, 0.05) is 12.1 Å². The molecule has 9 heteroatoms. The van der Waals surface area contributed by atoms with Crippen molar-refractivity contribution < 1.29 is 22.8 Å². The number of anilines is 1. The molecule has 2 rings (SSSR count). The molecular formula is C15H16N2O6S. The van der Waals surface area contributed by atoms with E-state index in [2.05, 4.69) is 4.72 Å². The highest BCUT2D eigenvalue weighted by Crippen LogP contribution is 2.32. The fraction of sp³-hybridized carbons (Fsp3) is 0.200. The number of hydrogen-bond acceptors (Lipinski definition) is 6. The number of nitro groups is 1. The summed E-state index contributed by atoms with van der Waals surface area (Å²) in [6.45, 7) is 2.13. The number of nitrogens with zero attached hydrogens (tertiary/aromatic N) is 1. The second kappa shape index (κ2) is 7.18. The van der Waals surface area contributed by atoms with Gasteiger partial charge in [0.1, 0.15) is 16.4 Å². The zero-order valence-electron chi connectivity index (χ0n) is 13.1.